The molecule has 0 atom stereocenters. The number of carbonyl (C=O) groups excluding carboxylic acids is 2. The van der Waals surface area contributed by atoms with Crippen LogP contribution < -0.4 is 5.32 Å². The number of piperazine rings is 1. The lowest BCUT2D eigenvalue weighted by Crippen LogP contribution is -2.57. The van der Waals surface area contributed by atoms with Crippen LogP contribution in [0, 0.1) is 11.7 Å². The molecule has 3 rings (SSSR count). The number of carbonyl (C=O) groups is 2. The van der Waals surface area contributed by atoms with Crippen molar-refractivity contribution in [2.45, 2.75) is 6.54 Å². The van der Waals surface area contributed by atoms with Crippen molar-refractivity contribution < 1.29 is 14.0 Å². The van der Waals surface area contributed by atoms with E-state index < -0.39 is 0 Å². The summed E-state index contributed by atoms with van der Waals surface area (Å²) in [5.41, 5.74) is 0.770. The van der Waals surface area contributed by atoms with Crippen molar-refractivity contribution in [2.75, 3.05) is 32.7 Å². The van der Waals surface area contributed by atoms with Gasteiger partial charge in [-0.15, -0.1) is 0 Å². The molecule has 2 aliphatic rings. The van der Waals surface area contributed by atoms with E-state index in [2.05, 4.69) is 5.32 Å². The van der Waals surface area contributed by atoms with Gasteiger partial charge in [0.1, 0.15) is 5.82 Å². The van der Waals surface area contributed by atoms with Crippen LogP contribution in [0.15, 0.2) is 24.3 Å². The Kier molecular flexibility index (Phi) is 3.88. The number of amides is 2. The number of nitrogens with one attached hydrogen (secondary N) is 1. The summed E-state index contributed by atoms with van der Waals surface area (Å²) >= 11 is 0. The highest BCUT2D eigenvalue weighted by Crippen LogP contribution is 2.14. The molecule has 1 aromatic rings. The van der Waals surface area contributed by atoms with Gasteiger partial charge < -0.3 is 15.1 Å². The third-order valence-corrected chi connectivity index (χ3v) is 4.02. The molecule has 0 saturated carbocycles. The Balaban J connectivity index is 1.58. The molecule has 0 radical (unpaired) electrons. The number of benzene rings is 1. The molecule has 0 aliphatic carbocycles. The zero-order valence-corrected chi connectivity index (χ0v) is 11.7. The Morgan fingerprint density at radius 1 is 1.33 bits per heavy atom. The highest BCUT2D eigenvalue weighted by Gasteiger charge is 2.33. The summed E-state index contributed by atoms with van der Waals surface area (Å²) < 4.78 is 13.2. The predicted molar refractivity (Wildman–Crippen MR) is 74.8 cm³/mol. The summed E-state index contributed by atoms with van der Waals surface area (Å²) in [5.74, 6) is -0.294. The van der Waals surface area contributed by atoms with Crippen LogP contribution >= 0.6 is 0 Å². The van der Waals surface area contributed by atoms with Gasteiger partial charge in [-0.3, -0.25) is 9.59 Å². The average Bonchev–Trinajstić information content (AvgIpc) is 2.39. The van der Waals surface area contributed by atoms with Crippen molar-refractivity contribution in [1.82, 2.24) is 15.1 Å². The average molecular weight is 291 g/mol. The van der Waals surface area contributed by atoms with Crippen LogP contribution in [0.25, 0.3) is 0 Å². The molecule has 2 amide bonds. The lowest BCUT2D eigenvalue weighted by molar-refractivity contribution is -0.148. The SMILES string of the molecule is O=C1CN(C(=O)C2CNC2)CCN1Cc1cccc(F)c1. The second-order valence-corrected chi connectivity index (χ2v) is 5.56. The molecule has 2 heterocycles. The Morgan fingerprint density at radius 3 is 2.76 bits per heavy atom. The summed E-state index contributed by atoms with van der Waals surface area (Å²) in [6.07, 6.45) is 0. The topological polar surface area (TPSA) is 52.7 Å². The number of nitrogens with zero attached hydrogens (tertiary/aromatic N) is 2. The fourth-order valence-corrected chi connectivity index (χ4v) is 2.64. The quantitative estimate of drug-likeness (QED) is 0.866. The van der Waals surface area contributed by atoms with Crippen LogP contribution in [-0.2, 0) is 16.1 Å². The summed E-state index contributed by atoms with van der Waals surface area (Å²) in [7, 11) is 0. The van der Waals surface area contributed by atoms with E-state index >= 15 is 0 Å². The van der Waals surface area contributed by atoms with E-state index in [-0.39, 0.29) is 30.1 Å². The van der Waals surface area contributed by atoms with Crippen molar-refractivity contribution in [3.63, 3.8) is 0 Å². The monoisotopic (exact) mass is 291 g/mol. The summed E-state index contributed by atoms with van der Waals surface area (Å²) in [4.78, 5) is 27.6. The molecule has 5 nitrogen and oxygen atoms in total. The third kappa shape index (κ3) is 3.05. The standard InChI is InChI=1S/C15H18FN3O2/c16-13-3-1-2-11(6-13)9-18-4-5-19(10-14(18)20)15(21)12-7-17-8-12/h1-3,6,12,17H,4-5,7-10H2. The molecule has 0 spiro atoms. The number of rotatable bonds is 3. The lowest BCUT2D eigenvalue weighted by Gasteiger charge is -2.38. The first kappa shape index (κ1) is 14.0. The highest BCUT2D eigenvalue weighted by atomic mass is 19.1. The van der Waals surface area contributed by atoms with Gasteiger partial charge in [-0.2, -0.15) is 0 Å². The molecule has 0 bridgehead atoms. The second-order valence-electron chi connectivity index (χ2n) is 5.56. The maximum absolute atomic E-state index is 13.2. The first-order valence-electron chi connectivity index (χ1n) is 7.15. The van der Waals surface area contributed by atoms with Gasteiger partial charge in [0.2, 0.25) is 11.8 Å². The molecule has 21 heavy (non-hydrogen) atoms. The van der Waals surface area contributed by atoms with Crippen molar-refractivity contribution in [3.05, 3.63) is 35.6 Å². The smallest absolute Gasteiger partial charge is 0.242 e. The number of hydrogen-bond acceptors (Lipinski definition) is 3. The normalized spacial score (nSPS) is 19.6. The van der Waals surface area contributed by atoms with Crippen molar-refractivity contribution >= 4 is 11.8 Å². The zero-order valence-electron chi connectivity index (χ0n) is 11.7. The highest BCUT2D eigenvalue weighted by molar-refractivity contribution is 5.87. The van der Waals surface area contributed by atoms with E-state index in [0.29, 0.717) is 32.7 Å². The Morgan fingerprint density at radius 2 is 2.14 bits per heavy atom. The lowest BCUT2D eigenvalue weighted by atomic mass is 10.0. The molecule has 0 aromatic heterocycles. The number of hydrogen-bond donors (Lipinski definition) is 1. The Hall–Kier alpha value is -1.95. The van der Waals surface area contributed by atoms with Crippen LogP contribution in [0.3, 0.4) is 0 Å². The fraction of sp³-hybridized carbons (Fsp3) is 0.467. The van der Waals surface area contributed by atoms with Crippen LogP contribution in [0.1, 0.15) is 5.56 Å². The summed E-state index contributed by atoms with van der Waals surface area (Å²) in [6, 6.07) is 6.26. The molecule has 1 N–H and O–H groups in total. The second kappa shape index (κ2) is 5.81. The number of halogens is 1. The largest absolute Gasteiger partial charge is 0.335 e. The molecule has 0 unspecified atom stereocenters. The maximum atomic E-state index is 13.2. The maximum Gasteiger partial charge on any atom is 0.242 e. The van der Waals surface area contributed by atoms with E-state index in [0.717, 1.165) is 5.56 Å². The minimum atomic E-state index is -0.300. The van der Waals surface area contributed by atoms with Gasteiger partial charge in [-0.25, -0.2) is 4.39 Å². The molecular formula is C15H18FN3O2. The van der Waals surface area contributed by atoms with Crippen molar-refractivity contribution in [2.24, 2.45) is 5.92 Å². The molecule has 2 fully saturated rings. The minimum absolute atomic E-state index is 0.0209. The van der Waals surface area contributed by atoms with Gasteiger partial charge in [-0.1, -0.05) is 12.1 Å². The van der Waals surface area contributed by atoms with E-state index in [1.165, 1.54) is 12.1 Å². The zero-order chi connectivity index (χ0) is 14.8. The van der Waals surface area contributed by atoms with Crippen molar-refractivity contribution in [1.29, 1.82) is 0 Å². The fourth-order valence-electron chi connectivity index (χ4n) is 2.64. The molecule has 1 aromatic carbocycles. The van der Waals surface area contributed by atoms with Crippen LogP contribution in [0.4, 0.5) is 4.39 Å². The van der Waals surface area contributed by atoms with Gasteiger partial charge in [0.15, 0.2) is 0 Å². The molecule has 2 saturated heterocycles. The van der Waals surface area contributed by atoms with Gasteiger partial charge >= 0.3 is 0 Å². The molecule has 2 aliphatic heterocycles. The third-order valence-electron chi connectivity index (χ3n) is 4.02. The van der Waals surface area contributed by atoms with Crippen LogP contribution in [0.2, 0.25) is 0 Å². The predicted octanol–water partition coefficient (Wildman–Crippen LogP) is 0.216. The van der Waals surface area contributed by atoms with Crippen LogP contribution in [-0.4, -0.2) is 54.3 Å². The molecular weight excluding hydrogens is 273 g/mol. The van der Waals surface area contributed by atoms with E-state index in [1.54, 1.807) is 21.9 Å². The summed E-state index contributed by atoms with van der Waals surface area (Å²) in [5, 5.41) is 3.06. The van der Waals surface area contributed by atoms with Crippen LogP contribution in [0.5, 0.6) is 0 Å². The first-order chi connectivity index (χ1) is 10.1. The Labute approximate surface area is 122 Å². The van der Waals surface area contributed by atoms with Gasteiger partial charge in [0, 0.05) is 32.7 Å². The van der Waals surface area contributed by atoms with E-state index in [1.807, 2.05) is 0 Å². The van der Waals surface area contributed by atoms with E-state index in [9.17, 15) is 14.0 Å². The minimum Gasteiger partial charge on any atom is -0.335 e. The van der Waals surface area contributed by atoms with Gasteiger partial charge in [0.05, 0.1) is 12.5 Å². The van der Waals surface area contributed by atoms with E-state index in [4.69, 9.17) is 0 Å². The first-order valence-corrected chi connectivity index (χ1v) is 7.15. The molecule has 112 valence electrons. The van der Waals surface area contributed by atoms with Gasteiger partial charge in [0.25, 0.3) is 0 Å². The summed E-state index contributed by atoms with van der Waals surface area (Å²) in [6.45, 7) is 2.99. The Bertz CT molecular complexity index is 560. The van der Waals surface area contributed by atoms with Gasteiger partial charge in [-0.05, 0) is 17.7 Å². The molecule has 6 heteroatoms. The van der Waals surface area contributed by atoms with Crippen molar-refractivity contribution in [3.8, 4) is 0 Å².